The van der Waals surface area contributed by atoms with Crippen molar-refractivity contribution >= 4 is 34.0 Å². The highest BCUT2D eigenvalue weighted by molar-refractivity contribution is 7.84. The van der Waals surface area contributed by atoms with Gasteiger partial charge in [0.2, 0.25) is 0 Å². The zero-order chi connectivity index (χ0) is 19.9. The van der Waals surface area contributed by atoms with E-state index in [9.17, 15) is 13.8 Å². The fourth-order valence-corrected chi connectivity index (χ4v) is 4.25. The van der Waals surface area contributed by atoms with Crippen molar-refractivity contribution in [1.82, 2.24) is 5.32 Å². The molecule has 3 aromatic rings. The summed E-state index contributed by atoms with van der Waals surface area (Å²) < 4.78 is 16.9. The van der Waals surface area contributed by atoms with Gasteiger partial charge in [0.15, 0.2) is 6.61 Å². The van der Waals surface area contributed by atoms with Crippen molar-refractivity contribution in [2.75, 3.05) is 12.9 Å². The second kappa shape index (κ2) is 9.43. The van der Waals surface area contributed by atoms with E-state index in [4.69, 9.17) is 4.74 Å². The number of carbonyl (C=O) groups is 2. The first-order chi connectivity index (χ1) is 13.6. The van der Waals surface area contributed by atoms with Gasteiger partial charge in [-0.1, -0.05) is 48.5 Å². The molecule has 0 aliphatic heterocycles. The molecular weight excluding hydrogens is 394 g/mol. The number of benzene rings is 2. The van der Waals surface area contributed by atoms with Gasteiger partial charge in [0.1, 0.15) is 0 Å². The molecule has 0 saturated heterocycles. The van der Waals surface area contributed by atoms with Crippen LogP contribution in [0.25, 0.3) is 0 Å². The van der Waals surface area contributed by atoms with Crippen molar-refractivity contribution in [1.29, 1.82) is 0 Å². The summed E-state index contributed by atoms with van der Waals surface area (Å²) in [7, 11) is -1.33. The number of amides is 1. The SMILES string of the molecule is C[S@](=O)c1ccccc1C(=O)OCC(=O)N[C@H](c1ccccc1)c1cccs1. The van der Waals surface area contributed by atoms with Crippen LogP contribution in [0.5, 0.6) is 0 Å². The molecule has 1 aromatic heterocycles. The summed E-state index contributed by atoms with van der Waals surface area (Å²) in [4.78, 5) is 26.1. The molecule has 0 spiro atoms. The van der Waals surface area contributed by atoms with Crippen molar-refractivity contribution in [2.24, 2.45) is 0 Å². The van der Waals surface area contributed by atoms with Gasteiger partial charge in [-0.15, -0.1) is 11.3 Å². The number of esters is 1. The average molecular weight is 414 g/mol. The number of hydrogen-bond acceptors (Lipinski definition) is 5. The smallest absolute Gasteiger partial charge is 0.339 e. The average Bonchev–Trinajstić information content (AvgIpc) is 3.25. The van der Waals surface area contributed by atoms with E-state index in [0.29, 0.717) is 4.90 Å². The Bertz CT molecular complexity index is 971. The van der Waals surface area contributed by atoms with Gasteiger partial charge >= 0.3 is 5.97 Å². The lowest BCUT2D eigenvalue weighted by atomic mass is 10.1. The number of ether oxygens (including phenoxy) is 1. The maximum Gasteiger partial charge on any atom is 0.339 e. The van der Waals surface area contributed by atoms with E-state index in [2.05, 4.69) is 5.32 Å². The third-order valence-electron chi connectivity index (χ3n) is 4.02. The summed E-state index contributed by atoms with van der Waals surface area (Å²) in [5.41, 5.74) is 1.14. The highest BCUT2D eigenvalue weighted by Gasteiger charge is 2.20. The number of nitrogens with one attached hydrogen (secondary N) is 1. The molecule has 3 rings (SSSR count). The summed E-state index contributed by atoms with van der Waals surface area (Å²) >= 11 is 1.54. The lowest BCUT2D eigenvalue weighted by Crippen LogP contribution is -2.32. The number of carbonyl (C=O) groups excluding carboxylic acids is 2. The van der Waals surface area contributed by atoms with Gasteiger partial charge < -0.3 is 10.1 Å². The fourth-order valence-electron chi connectivity index (χ4n) is 2.72. The highest BCUT2D eigenvalue weighted by atomic mass is 32.2. The molecule has 2 atom stereocenters. The highest BCUT2D eigenvalue weighted by Crippen LogP contribution is 2.25. The topological polar surface area (TPSA) is 72.5 Å². The number of thiophene rings is 1. The predicted octanol–water partition coefficient (Wildman–Crippen LogP) is 3.55. The number of hydrogen-bond donors (Lipinski definition) is 1. The molecule has 1 amide bonds. The molecule has 0 aliphatic rings. The van der Waals surface area contributed by atoms with Crippen molar-refractivity contribution < 1.29 is 18.5 Å². The van der Waals surface area contributed by atoms with Crippen LogP contribution in [0.3, 0.4) is 0 Å². The van der Waals surface area contributed by atoms with Gasteiger partial charge in [0.25, 0.3) is 5.91 Å². The quantitative estimate of drug-likeness (QED) is 0.601. The van der Waals surface area contributed by atoms with Crippen LogP contribution in [0.15, 0.2) is 77.0 Å². The van der Waals surface area contributed by atoms with Crippen molar-refractivity contribution in [3.05, 3.63) is 88.1 Å². The maximum absolute atomic E-state index is 12.4. The van der Waals surface area contributed by atoms with Crippen molar-refractivity contribution in [3.63, 3.8) is 0 Å². The molecule has 0 fully saturated rings. The molecule has 1 N–H and O–H groups in total. The fraction of sp³-hybridized carbons (Fsp3) is 0.143. The Balaban J connectivity index is 1.67. The Morgan fingerprint density at radius 2 is 1.75 bits per heavy atom. The van der Waals surface area contributed by atoms with E-state index in [1.807, 2.05) is 47.8 Å². The second-order valence-electron chi connectivity index (χ2n) is 5.95. The Kier molecular flexibility index (Phi) is 6.73. The van der Waals surface area contributed by atoms with Crippen molar-refractivity contribution in [3.8, 4) is 0 Å². The van der Waals surface area contributed by atoms with Crippen LogP contribution < -0.4 is 5.32 Å². The second-order valence-corrected chi connectivity index (χ2v) is 8.28. The van der Waals surface area contributed by atoms with E-state index in [1.165, 1.54) is 23.7 Å². The molecule has 0 radical (unpaired) electrons. The minimum Gasteiger partial charge on any atom is -0.452 e. The molecule has 1 heterocycles. The van der Waals surface area contributed by atoms with Crippen LogP contribution in [0, 0.1) is 0 Å². The minimum absolute atomic E-state index is 0.203. The Hall–Kier alpha value is -2.77. The van der Waals surface area contributed by atoms with Crippen LogP contribution >= 0.6 is 11.3 Å². The van der Waals surface area contributed by atoms with Crippen LogP contribution in [-0.4, -0.2) is 28.9 Å². The molecule has 28 heavy (non-hydrogen) atoms. The van der Waals surface area contributed by atoms with E-state index >= 15 is 0 Å². The van der Waals surface area contributed by atoms with Crippen molar-refractivity contribution in [2.45, 2.75) is 10.9 Å². The zero-order valence-electron chi connectivity index (χ0n) is 15.2. The normalized spacial score (nSPS) is 12.8. The third kappa shape index (κ3) is 4.94. The molecule has 7 heteroatoms. The van der Waals surface area contributed by atoms with Gasteiger partial charge in [0, 0.05) is 11.1 Å². The lowest BCUT2D eigenvalue weighted by Gasteiger charge is -2.18. The standard InChI is InChI=1S/C21H19NO4S2/c1-28(25)18-12-6-5-10-16(18)21(24)26-14-19(23)22-20(17-11-7-13-27-17)15-8-3-2-4-9-15/h2-13,20H,14H2,1H3,(H,22,23)/t20-,28+/m1/s1. The Morgan fingerprint density at radius 1 is 1.04 bits per heavy atom. The van der Waals surface area contributed by atoms with Crippen LogP contribution in [-0.2, 0) is 20.3 Å². The van der Waals surface area contributed by atoms with Crippen LogP contribution in [0.1, 0.15) is 26.8 Å². The van der Waals surface area contributed by atoms with E-state index in [1.54, 1.807) is 18.2 Å². The first-order valence-electron chi connectivity index (χ1n) is 8.53. The lowest BCUT2D eigenvalue weighted by molar-refractivity contribution is -0.124. The first-order valence-corrected chi connectivity index (χ1v) is 11.0. The Morgan fingerprint density at radius 3 is 2.43 bits per heavy atom. The molecular formula is C21H19NO4S2. The first kappa shape index (κ1) is 20.0. The summed E-state index contributed by atoms with van der Waals surface area (Å²) in [6.45, 7) is -0.418. The molecule has 0 unspecified atom stereocenters. The largest absolute Gasteiger partial charge is 0.452 e. The monoisotopic (exact) mass is 413 g/mol. The van der Waals surface area contributed by atoms with E-state index in [-0.39, 0.29) is 11.6 Å². The van der Waals surface area contributed by atoms with Crippen LogP contribution in [0.4, 0.5) is 0 Å². The maximum atomic E-state index is 12.4. The van der Waals surface area contributed by atoms with Gasteiger partial charge in [-0.2, -0.15) is 0 Å². The minimum atomic E-state index is -1.33. The molecule has 144 valence electrons. The van der Waals surface area contributed by atoms with Gasteiger partial charge in [0.05, 0.1) is 27.3 Å². The molecule has 0 bridgehead atoms. The van der Waals surface area contributed by atoms with E-state index in [0.717, 1.165) is 10.4 Å². The molecule has 0 aliphatic carbocycles. The van der Waals surface area contributed by atoms with Gasteiger partial charge in [-0.05, 0) is 29.1 Å². The molecule has 2 aromatic carbocycles. The van der Waals surface area contributed by atoms with Crippen LogP contribution in [0.2, 0.25) is 0 Å². The zero-order valence-corrected chi connectivity index (χ0v) is 16.8. The summed E-state index contributed by atoms with van der Waals surface area (Å²) in [5, 5.41) is 4.86. The molecule has 5 nitrogen and oxygen atoms in total. The summed E-state index contributed by atoms with van der Waals surface area (Å²) in [6.07, 6.45) is 1.49. The summed E-state index contributed by atoms with van der Waals surface area (Å²) in [6, 6.07) is 19.6. The summed E-state index contributed by atoms with van der Waals surface area (Å²) in [5.74, 6) is -1.08. The predicted molar refractivity (Wildman–Crippen MR) is 110 cm³/mol. The number of rotatable bonds is 7. The van der Waals surface area contributed by atoms with Gasteiger partial charge in [-0.25, -0.2) is 4.79 Å². The Labute approximate surface area is 169 Å². The van der Waals surface area contributed by atoms with Gasteiger partial charge in [-0.3, -0.25) is 9.00 Å². The van der Waals surface area contributed by atoms with E-state index < -0.39 is 29.3 Å². The molecule has 0 saturated carbocycles. The third-order valence-corrected chi connectivity index (χ3v) is 5.93.